The summed E-state index contributed by atoms with van der Waals surface area (Å²) < 4.78 is 10.4. The molecule has 0 spiro atoms. The zero-order chi connectivity index (χ0) is 13.8. The summed E-state index contributed by atoms with van der Waals surface area (Å²) in [5, 5.41) is 3.63. The second-order valence-corrected chi connectivity index (χ2v) is 4.96. The lowest BCUT2D eigenvalue weighted by atomic mass is 9.96. The lowest BCUT2D eigenvalue weighted by Gasteiger charge is -2.23. The minimum atomic E-state index is -0.149. The van der Waals surface area contributed by atoms with Gasteiger partial charge in [-0.2, -0.15) is 0 Å². The van der Waals surface area contributed by atoms with Crippen LogP contribution in [0.1, 0.15) is 29.6 Å². The molecular weight excluding hydrogens is 266 g/mol. The molecule has 1 unspecified atom stereocenters. The lowest BCUT2D eigenvalue weighted by Crippen LogP contribution is -2.40. The molecule has 1 saturated heterocycles. The van der Waals surface area contributed by atoms with Gasteiger partial charge in [-0.05, 0) is 25.5 Å². The van der Waals surface area contributed by atoms with Gasteiger partial charge in [0.15, 0.2) is 17.3 Å². The Morgan fingerprint density at radius 2 is 1.95 bits per heavy atom. The molecule has 104 valence electrons. The topological polar surface area (TPSA) is 47.6 Å². The van der Waals surface area contributed by atoms with E-state index in [-0.39, 0.29) is 11.8 Å². The van der Waals surface area contributed by atoms with Crippen molar-refractivity contribution in [2.24, 2.45) is 0 Å². The molecule has 1 aromatic rings. The van der Waals surface area contributed by atoms with Crippen molar-refractivity contribution in [2.45, 2.75) is 25.3 Å². The molecule has 0 amide bonds. The van der Waals surface area contributed by atoms with E-state index < -0.39 is 0 Å². The number of hydrogen-bond acceptors (Lipinski definition) is 4. The molecule has 1 aromatic carbocycles. The predicted octanol–water partition coefficient (Wildman–Crippen LogP) is 2.68. The molecule has 0 aromatic heterocycles. The van der Waals surface area contributed by atoms with E-state index in [9.17, 15) is 4.79 Å². The Morgan fingerprint density at radius 3 is 2.53 bits per heavy atom. The number of carbonyl (C=O) groups excluding carboxylic acids is 1. The molecule has 1 N–H and O–H groups in total. The molecule has 5 heteroatoms. The summed E-state index contributed by atoms with van der Waals surface area (Å²) in [7, 11) is 3.08. The highest BCUT2D eigenvalue weighted by atomic mass is 35.5. The first-order chi connectivity index (χ1) is 9.17. The van der Waals surface area contributed by atoms with Gasteiger partial charge in [0.25, 0.3) is 0 Å². The standard InChI is InChI=1S/C14H18ClNO3/c1-18-12-7-9(10(15)8-13(12)19-2)14(17)11-5-3-4-6-16-11/h7-8,11,16H,3-6H2,1-2H3. The first-order valence-corrected chi connectivity index (χ1v) is 6.74. The van der Waals surface area contributed by atoms with Crippen LogP contribution in [0.3, 0.4) is 0 Å². The van der Waals surface area contributed by atoms with Crippen molar-refractivity contribution < 1.29 is 14.3 Å². The Balaban J connectivity index is 2.30. The number of ether oxygens (including phenoxy) is 2. The summed E-state index contributed by atoms with van der Waals surface area (Å²) in [6.07, 6.45) is 3.03. The van der Waals surface area contributed by atoms with Gasteiger partial charge < -0.3 is 14.8 Å². The third-order valence-corrected chi connectivity index (χ3v) is 3.68. The summed E-state index contributed by atoms with van der Waals surface area (Å²) in [5.41, 5.74) is 0.485. The number of benzene rings is 1. The number of methoxy groups -OCH3 is 2. The largest absolute Gasteiger partial charge is 0.493 e. The van der Waals surface area contributed by atoms with Gasteiger partial charge in [0, 0.05) is 11.6 Å². The molecule has 1 aliphatic heterocycles. The van der Waals surface area contributed by atoms with Gasteiger partial charge in [0.2, 0.25) is 0 Å². The quantitative estimate of drug-likeness (QED) is 0.863. The van der Waals surface area contributed by atoms with Crippen molar-refractivity contribution >= 4 is 17.4 Å². The molecule has 4 nitrogen and oxygen atoms in total. The average Bonchev–Trinajstić information content (AvgIpc) is 2.47. The maximum absolute atomic E-state index is 12.4. The predicted molar refractivity (Wildman–Crippen MR) is 74.5 cm³/mol. The summed E-state index contributed by atoms with van der Waals surface area (Å²) >= 11 is 6.17. The second-order valence-electron chi connectivity index (χ2n) is 4.55. The molecule has 0 radical (unpaired) electrons. The summed E-state index contributed by atoms with van der Waals surface area (Å²) in [6, 6.07) is 3.13. The van der Waals surface area contributed by atoms with Crippen LogP contribution in [0.4, 0.5) is 0 Å². The van der Waals surface area contributed by atoms with Gasteiger partial charge in [0.1, 0.15) is 0 Å². The highest BCUT2D eigenvalue weighted by Gasteiger charge is 2.25. The maximum atomic E-state index is 12.4. The van der Waals surface area contributed by atoms with Crippen LogP contribution in [0.25, 0.3) is 0 Å². The van der Waals surface area contributed by atoms with Crippen molar-refractivity contribution in [3.05, 3.63) is 22.7 Å². The maximum Gasteiger partial charge on any atom is 0.181 e. The third kappa shape index (κ3) is 3.01. The third-order valence-electron chi connectivity index (χ3n) is 3.37. The fourth-order valence-corrected chi connectivity index (χ4v) is 2.55. The first kappa shape index (κ1) is 14.2. The van der Waals surface area contributed by atoms with E-state index >= 15 is 0 Å². The van der Waals surface area contributed by atoms with Crippen molar-refractivity contribution in [1.82, 2.24) is 5.32 Å². The average molecular weight is 284 g/mol. The molecule has 2 rings (SSSR count). The number of Topliss-reactive ketones (excluding diaryl/α,β-unsaturated/α-hetero) is 1. The first-order valence-electron chi connectivity index (χ1n) is 6.36. The van der Waals surface area contributed by atoms with Gasteiger partial charge in [-0.3, -0.25) is 4.79 Å². The zero-order valence-corrected chi connectivity index (χ0v) is 11.9. The fourth-order valence-electron chi connectivity index (χ4n) is 2.31. The molecule has 1 heterocycles. The molecule has 1 atom stereocenters. The monoisotopic (exact) mass is 283 g/mol. The number of hydrogen-bond donors (Lipinski definition) is 1. The van der Waals surface area contributed by atoms with E-state index in [2.05, 4.69) is 5.32 Å². The zero-order valence-electron chi connectivity index (χ0n) is 11.2. The number of halogens is 1. The van der Waals surface area contributed by atoms with Crippen molar-refractivity contribution in [3.63, 3.8) is 0 Å². The van der Waals surface area contributed by atoms with E-state index in [1.165, 1.54) is 0 Å². The Labute approximate surface area is 118 Å². The molecule has 0 aliphatic carbocycles. The summed E-state index contributed by atoms with van der Waals surface area (Å²) in [4.78, 5) is 12.4. The van der Waals surface area contributed by atoms with Crippen LogP contribution in [0.15, 0.2) is 12.1 Å². The smallest absolute Gasteiger partial charge is 0.181 e. The number of piperidine rings is 1. The van der Waals surface area contributed by atoms with E-state index in [1.54, 1.807) is 26.4 Å². The fraction of sp³-hybridized carbons (Fsp3) is 0.500. The van der Waals surface area contributed by atoms with Gasteiger partial charge in [-0.25, -0.2) is 0 Å². The van der Waals surface area contributed by atoms with E-state index in [0.717, 1.165) is 25.8 Å². The van der Waals surface area contributed by atoms with Gasteiger partial charge in [0.05, 0.1) is 25.3 Å². The van der Waals surface area contributed by atoms with Crippen LogP contribution in [0, 0.1) is 0 Å². The van der Waals surface area contributed by atoms with Crippen LogP contribution < -0.4 is 14.8 Å². The Bertz CT molecular complexity index is 470. The van der Waals surface area contributed by atoms with Gasteiger partial charge >= 0.3 is 0 Å². The number of carbonyl (C=O) groups is 1. The highest BCUT2D eigenvalue weighted by molar-refractivity contribution is 6.34. The normalized spacial score (nSPS) is 19.0. The van der Waals surface area contributed by atoms with Crippen molar-refractivity contribution in [3.8, 4) is 11.5 Å². The van der Waals surface area contributed by atoms with E-state index in [0.29, 0.717) is 22.1 Å². The molecule has 0 saturated carbocycles. The molecule has 1 aliphatic rings. The lowest BCUT2D eigenvalue weighted by molar-refractivity contribution is 0.0927. The Kier molecular flexibility index (Phi) is 4.66. The van der Waals surface area contributed by atoms with Crippen LogP contribution in [0.5, 0.6) is 11.5 Å². The Morgan fingerprint density at radius 1 is 1.26 bits per heavy atom. The minimum Gasteiger partial charge on any atom is -0.493 e. The number of nitrogens with one attached hydrogen (secondary N) is 1. The SMILES string of the molecule is COc1cc(Cl)c(C(=O)C2CCCCN2)cc1OC. The van der Waals surface area contributed by atoms with Gasteiger partial charge in [-0.1, -0.05) is 18.0 Å². The minimum absolute atomic E-state index is 0.0191. The van der Waals surface area contributed by atoms with E-state index in [4.69, 9.17) is 21.1 Å². The Hall–Kier alpha value is -1.26. The molecule has 19 heavy (non-hydrogen) atoms. The highest BCUT2D eigenvalue weighted by Crippen LogP contribution is 2.34. The number of rotatable bonds is 4. The number of ketones is 1. The molecular formula is C14H18ClNO3. The van der Waals surface area contributed by atoms with Gasteiger partial charge in [-0.15, -0.1) is 0 Å². The van der Waals surface area contributed by atoms with Crippen LogP contribution >= 0.6 is 11.6 Å². The van der Waals surface area contributed by atoms with Crippen LogP contribution in [-0.4, -0.2) is 32.6 Å². The van der Waals surface area contributed by atoms with E-state index in [1.807, 2.05) is 0 Å². The van der Waals surface area contributed by atoms with Crippen molar-refractivity contribution in [1.29, 1.82) is 0 Å². The molecule has 1 fully saturated rings. The van der Waals surface area contributed by atoms with Crippen LogP contribution in [0.2, 0.25) is 5.02 Å². The second kappa shape index (κ2) is 6.26. The van der Waals surface area contributed by atoms with Crippen LogP contribution in [-0.2, 0) is 0 Å². The summed E-state index contributed by atoms with van der Waals surface area (Å²) in [5.74, 6) is 1.07. The molecule has 0 bridgehead atoms. The van der Waals surface area contributed by atoms with Crippen molar-refractivity contribution in [2.75, 3.05) is 20.8 Å². The summed E-state index contributed by atoms with van der Waals surface area (Å²) in [6.45, 7) is 0.876.